The molecule has 0 heterocycles. The number of methoxy groups -OCH3 is 2. The van der Waals surface area contributed by atoms with E-state index in [1.807, 2.05) is 62.4 Å². The second-order valence-corrected chi connectivity index (χ2v) is 5.59. The largest absolute Gasteiger partial charge is 0.464 e. The van der Waals surface area contributed by atoms with Crippen LogP contribution in [0.4, 0.5) is 0 Å². The molecule has 24 heavy (non-hydrogen) atoms. The van der Waals surface area contributed by atoms with Crippen molar-refractivity contribution in [3.05, 3.63) is 48.5 Å². The summed E-state index contributed by atoms with van der Waals surface area (Å²) in [7, 11) is 3.26. The fraction of sp³-hybridized carbons (Fsp3) is 0.300. The molecule has 0 N–H and O–H groups in total. The van der Waals surface area contributed by atoms with Gasteiger partial charge in [0.2, 0.25) is 0 Å². The molecule has 0 spiro atoms. The van der Waals surface area contributed by atoms with Crippen molar-refractivity contribution in [2.24, 2.45) is 0 Å². The van der Waals surface area contributed by atoms with E-state index in [1.165, 1.54) is 0 Å². The Morgan fingerprint density at radius 1 is 0.583 bits per heavy atom. The third-order valence-electron chi connectivity index (χ3n) is 4.06. The van der Waals surface area contributed by atoms with Crippen molar-refractivity contribution in [3.63, 3.8) is 0 Å². The number of fused-ring (bicyclic) bond motifs is 2. The van der Waals surface area contributed by atoms with Crippen LogP contribution in [0.5, 0.6) is 11.5 Å². The SMILES string of the molecule is COC(C)Oc1c2ccccc2c(OC(C)OC)c2ccccc12. The van der Waals surface area contributed by atoms with Crippen LogP contribution in [0.2, 0.25) is 0 Å². The lowest BCUT2D eigenvalue weighted by atomic mass is 10.0. The maximum Gasteiger partial charge on any atom is 0.196 e. The Morgan fingerprint density at radius 3 is 1.12 bits per heavy atom. The Labute approximate surface area is 141 Å². The minimum absolute atomic E-state index is 0.346. The van der Waals surface area contributed by atoms with E-state index in [1.54, 1.807) is 14.2 Å². The molecule has 2 unspecified atom stereocenters. The van der Waals surface area contributed by atoms with Gasteiger partial charge in [-0.05, 0) is 13.8 Å². The van der Waals surface area contributed by atoms with E-state index in [4.69, 9.17) is 18.9 Å². The topological polar surface area (TPSA) is 36.9 Å². The van der Waals surface area contributed by atoms with E-state index in [9.17, 15) is 0 Å². The summed E-state index contributed by atoms with van der Waals surface area (Å²) < 4.78 is 22.7. The van der Waals surface area contributed by atoms with Crippen LogP contribution in [-0.2, 0) is 9.47 Å². The van der Waals surface area contributed by atoms with Crippen LogP contribution in [0.1, 0.15) is 13.8 Å². The summed E-state index contributed by atoms with van der Waals surface area (Å²) in [6, 6.07) is 16.1. The Morgan fingerprint density at radius 2 is 0.875 bits per heavy atom. The number of ether oxygens (including phenoxy) is 4. The zero-order valence-corrected chi connectivity index (χ0v) is 14.4. The average molecular weight is 326 g/mol. The Hall–Kier alpha value is -2.30. The van der Waals surface area contributed by atoms with Crippen LogP contribution in [0, 0.1) is 0 Å². The Kier molecular flexibility index (Phi) is 4.88. The number of benzene rings is 3. The summed E-state index contributed by atoms with van der Waals surface area (Å²) in [5.74, 6) is 1.60. The van der Waals surface area contributed by atoms with Crippen molar-refractivity contribution in [2.75, 3.05) is 14.2 Å². The van der Waals surface area contributed by atoms with E-state index in [0.717, 1.165) is 33.0 Å². The highest BCUT2D eigenvalue weighted by molar-refractivity contribution is 6.11. The van der Waals surface area contributed by atoms with Crippen molar-refractivity contribution in [2.45, 2.75) is 26.4 Å². The third-order valence-corrected chi connectivity index (χ3v) is 4.06. The van der Waals surface area contributed by atoms with Gasteiger partial charge in [-0.15, -0.1) is 0 Å². The second-order valence-electron chi connectivity index (χ2n) is 5.59. The summed E-state index contributed by atoms with van der Waals surface area (Å²) in [5.41, 5.74) is 0. The van der Waals surface area contributed by atoms with Gasteiger partial charge in [0.15, 0.2) is 12.6 Å². The van der Waals surface area contributed by atoms with Crippen molar-refractivity contribution in [1.82, 2.24) is 0 Å². The van der Waals surface area contributed by atoms with Gasteiger partial charge in [-0.3, -0.25) is 0 Å². The van der Waals surface area contributed by atoms with Gasteiger partial charge in [0.25, 0.3) is 0 Å². The Bertz CT molecular complexity index is 717. The van der Waals surface area contributed by atoms with Gasteiger partial charge < -0.3 is 18.9 Å². The van der Waals surface area contributed by atoms with Gasteiger partial charge in [-0.2, -0.15) is 0 Å². The fourth-order valence-corrected chi connectivity index (χ4v) is 2.73. The highest BCUT2D eigenvalue weighted by Crippen LogP contribution is 2.43. The monoisotopic (exact) mass is 326 g/mol. The fourth-order valence-electron chi connectivity index (χ4n) is 2.73. The molecule has 2 atom stereocenters. The molecular weight excluding hydrogens is 304 g/mol. The molecular formula is C20H22O4. The van der Waals surface area contributed by atoms with E-state index in [2.05, 4.69) is 0 Å². The first kappa shape index (κ1) is 16.6. The van der Waals surface area contributed by atoms with Crippen LogP contribution >= 0.6 is 0 Å². The molecule has 0 bridgehead atoms. The lowest BCUT2D eigenvalue weighted by molar-refractivity contribution is -0.0380. The lowest BCUT2D eigenvalue weighted by Crippen LogP contribution is -2.16. The molecule has 4 heteroatoms. The van der Waals surface area contributed by atoms with Crippen molar-refractivity contribution < 1.29 is 18.9 Å². The van der Waals surface area contributed by atoms with E-state index >= 15 is 0 Å². The van der Waals surface area contributed by atoms with Gasteiger partial charge in [0, 0.05) is 35.8 Å². The van der Waals surface area contributed by atoms with Crippen LogP contribution < -0.4 is 9.47 Å². The molecule has 0 saturated carbocycles. The van der Waals surface area contributed by atoms with Crippen LogP contribution in [0.15, 0.2) is 48.5 Å². The maximum absolute atomic E-state index is 6.07. The zero-order chi connectivity index (χ0) is 17.1. The molecule has 0 aliphatic heterocycles. The molecule has 3 rings (SSSR count). The molecule has 0 aliphatic rings. The first-order valence-electron chi connectivity index (χ1n) is 7.98. The van der Waals surface area contributed by atoms with Crippen molar-refractivity contribution in [3.8, 4) is 11.5 Å². The minimum atomic E-state index is -0.346. The molecule has 4 nitrogen and oxygen atoms in total. The number of hydrogen-bond acceptors (Lipinski definition) is 4. The average Bonchev–Trinajstić information content (AvgIpc) is 2.63. The second kappa shape index (κ2) is 7.07. The molecule has 0 fully saturated rings. The van der Waals surface area contributed by atoms with Crippen LogP contribution in [0.25, 0.3) is 21.5 Å². The molecule has 0 radical (unpaired) electrons. The standard InChI is InChI=1S/C20H22O4/c1-13(21-3)23-19-15-9-5-7-11-17(15)20(24-14(2)22-4)18-12-8-6-10-16(18)19/h5-14H,1-4H3. The Balaban J connectivity index is 2.32. The van der Waals surface area contributed by atoms with Gasteiger partial charge in [0.1, 0.15) is 11.5 Å². The summed E-state index contributed by atoms with van der Waals surface area (Å²) in [5, 5.41) is 3.94. The van der Waals surface area contributed by atoms with Gasteiger partial charge in [-0.1, -0.05) is 48.5 Å². The molecule has 0 aromatic heterocycles. The smallest absolute Gasteiger partial charge is 0.196 e. The van der Waals surface area contributed by atoms with E-state index in [0.29, 0.717) is 0 Å². The zero-order valence-electron chi connectivity index (χ0n) is 14.4. The molecule has 0 amide bonds. The van der Waals surface area contributed by atoms with Crippen LogP contribution in [0.3, 0.4) is 0 Å². The van der Waals surface area contributed by atoms with Gasteiger partial charge in [0.05, 0.1) is 0 Å². The van der Waals surface area contributed by atoms with Crippen molar-refractivity contribution in [1.29, 1.82) is 0 Å². The highest BCUT2D eigenvalue weighted by atomic mass is 16.7. The number of rotatable bonds is 6. The molecule has 0 aliphatic carbocycles. The lowest BCUT2D eigenvalue weighted by Gasteiger charge is -2.21. The highest BCUT2D eigenvalue weighted by Gasteiger charge is 2.18. The first-order chi connectivity index (χ1) is 11.7. The third kappa shape index (κ3) is 3.03. The summed E-state index contributed by atoms with van der Waals surface area (Å²) in [6.45, 7) is 3.75. The van der Waals surface area contributed by atoms with Crippen LogP contribution in [-0.4, -0.2) is 26.8 Å². The van der Waals surface area contributed by atoms with Gasteiger partial charge >= 0.3 is 0 Å². The normalized spacial score (nSPS) is 13.8. The van der Waals surface area contributed by atoms with Gasteiger partial charge in [-0.25, -0.2) is 0 Å². The summed E-state index contributed by atoms with van der Waals surface area (Å²) >= 11 is 0. The predicted molar refractivity (Wildman–Crippen MR) is 95.7 cm³/mol. The van der Waals surface area contributed by atoms with E-state index < -0.39 is 0 Å². The van der Waals surface area contributed by atoms with E-state index in [-0.39, 0.29) is 12.6 Å². The minimum Gasteiger partial charge on any atom is -0.464 e. The molecule has 126 valence electrons. The first-order valence-corrected chi connectivity index (χ1v) is 7.98. The summed E-state index contributed by atoms with van der Waals surface area (Å²) in [4.78, 5) is 0. The quantitative estimate of drug-likeness (QED) is 0.484. The maximum atomic E-state index is 6.07. The number of hydrogen-bond donors (Lipinski definition) is 0. The van der Waals surface area contributed by atoms with Crippen molar-refractivity contribution >= 4 is 21.5 Å². The predicted octanol–water partition coefficient (Wildman–Crippen LogP) is 4.74. The summed E-state index contributed by atoms with van der Waals surface area (Å²) in [6.07, 6.45) is -0.692. The molecule has 0 saturated heterocycles. The molecule has 3 aromatic carbocycles. The molecule has 3 aromatic rings.